The molecule has 0 unspecified atom stereocenters. The Morgan fingerprint density at radius 1 is 0.971 bits per heavy atom. The van der Waals surface area contributed by atoms with Gasteiger partial charge in [-0.1, -0.05) is 61.9 Å². The predicted octanol–water partition coefficient (Wildman–Crippen LogP) is 5.22. The van der Waals surface area contributed by atoms with Gasteiger partial charge in [-0.25, -0.2) is 9.97 Å². The van der Waals surface area contributed by atoms with Crippen molar-refractivity contribution in [2.24, 2.45) is 0 Å². The lowest BCUT2D eigenvalue weighted by Gasteiger charge is -2.16. The summed E-state index contributed by atoms with van der Waals surface area (Å²) in [6.45, 7) is 5.25. The summed E-state index contributed by atoms with van der Waals surface area (Å²) in [5.41, 5.74) is 6.89. The number of aromatic nitrogens is 6. The van der Waals surface area contributed by atoms with Gasteiger partial charge in [-0.15, -0.1) is 22.0 Å². The topological polar surface area (TPSA) is 83.5 Å². The van der Waals surface area contributed by atoms with Gasteiger partial charge >= 0.3 is 0 Å². The Morgan fingerprint density at radius 2 is 1.74 bits per heavy atom. The normalized spacial score (nSPS) is 11.3. The zero-order chi connectivity index (χ0) is 24.6. The maximum Gasteiger partial charge on any atom is 0.205 e. The van der Waals surface area contributed by atoms with Gasteiger partial charge in [0.15, 0.2) is 0 Å². The summed E-state index contributed by atoms with van der Waals surface area (Å²) in [5.74, 6) is 2.47. The molecule has 0 saturated heterocycles. The standard InChI is InChI=1S/C27H33N7S/c1-5-6-11-25-24(27(29-19(2)28-25)35-17-16-34(3)4)18-20-12-14-21(15-13-20)22-9-7-8-10-23(22)26-30-32-33-31-26/h7-10,12-15H,5-6,11,16-18H2,1-4H3,(H,30,31,32,33). The number of rotatable bonds is 11. The minimum Gasteiger partial charge on any atom is -0.309 e. The third-order valence-electron chi connectivity index (χ3n) is 5.87. The summed E-state index contributed by atoms with van der Waals surface area (Å²) in [5, 5.41) is 15.7. The molecule has 2 heterocycles. The van der Waals surface area contributed by atoms with Crippen LogP contribution in [0.25, 0.3) is 22.5 Å². The highest BCUT2D eigenvalue weighted by Gasteiger charge is 2.15. The van der Waals surface area contributed by atoms with Crippen LogP contribution >= 0.6 is 11.8 Å². The molecule has 0 aliphatic rings. The zero-order valence-electron chi connectivity index (χ0n) is 21.0. The Balaban J connectivity index is 1.62. The molecule has 0 atom stereocenters. The molecule has 2 aromatic carbocycles. The van der Waals surface area contributed by atoms with E-state index in [1.165, 1.54) is 16.8 Å². The van der Waals surface area contributed by atoms with E-state index in [-0.39, 0.29) is 0 Å². The molecule has 4 rings (SSSR count). The highest BCUT2D eigenvalue weighted by Crippen LogP contribution is 2.31. The van der Waals surface area contributed by atoms with Crippen LogP contribution in [0.3, 0.4) is 0 Å². The number of tetrazole rings is 1. The summed E-state index contributed by atoms with van der Waals surface area (Å²) in [4.78, 5) is 11.9. The molecular weight excluding hydrogens is 454 g/mol. The number of aromatic amines is 1. The number of hydrogen-bond donors (Lipinski definition) is 1. The molecule has 7 nitrogen and oxygen atoms in total. The number of nitrogens with zero attached hydrogens (tertiary/aromatic N) is 6. The molecule has 2 aromatic heterocycles. The van der Waals surface area contributed by atoms with Crippen molar-refractivity contribution in [3.63, 3.8) is 0 Å². The van der Waals surface area contributed by atoms with E-state index in [0.29, 0.717) is 5.82 Å². The van der Waals surface area contributed by atoms with Crippen LogP contribution in [0.5, 0.6) is 0 Å². The van der Waals surface area contributed by atoms with Gasteiger partial charge in [0.25, 0.3) is 0 Å². The number of H-pyrrole nitrogens is 1. The van der Waals surface area contributed by atoms with E-state index in [9.17, 15) is 0 Å². The number of benzene rings is 2. The SMILES string of the molecule is CCCCc1nc(C)nc(SCCN(C)C)c1Cc1ccc(-c2ccccc2-c2nn[nH]n2)cc1. The second-order valence-corrected chi connectivity index (χ2v) is 9.99. The van der Waals surface area contributed by atoms with Crippen molar-refractivity contribution in [3.8, 4) is 22.5 Å². The maximum absolute atomic E-state index is 4.86. The molecule has 0 amide bonds. The third-order valence-corrected chi connectivity index (χ3v) is 6.87. The number of hydrogen-bond acceptors (Lipinski definition) is 7. The number of aryl methyl sites for hydroxylation is 2. The lowest BCUT2D eigenvalue weighted by atomic mass is 9.96. The number of thioether (sulfide) groups is 1. The van der Waals surface area contributed by atoms with Gasteiger partial charge < -0.3 is 4.90 Å². The second-order valence-electron chi connectivity index (χ2n) is 8.91. The monoisotopic (exact) mass is 487 g/mol. The Bertz CT molecular complexity index is 1220. The average molecular weight is 488 g/mol. The fourth-order valence-electron chi connectivity index (χ4n) is 4.01. The largest absolute Gasteiger partial charge is 0.309 e. The number of unbranched alkanes of at least 4 members (excludes halogenated alkanes) is 1. The molecule has 0 aliphatic carbocycles. The first-order valence-electron chi connectivity index (χ1n) is 12.1. The van der Waals surface area contributed by atoms with Crippen molar-refractivity contribution in [2.45, 2.75) is 44.6 Å². The van der Waals surface area contributed by atoms with Crippen molar-refractivity contribution in [1.29, 1.82) is 0 Å². The summed E-state index contributed by atoms with van der Waals surface area (Å²) in [6, 6.07) is 16.9. The van der Waals surface area contributed by atoms with E-state index in [4.69, 9.17) is 9.97 Å². The highest BCUT2D eigenvalue weighted by atomic mass is 32.2. The van der Waals surface area contributed by atoms with Gasteiger partial charge in [-0.2, -0.15) is 5.21 Å². The molecule has 182 valence electrons. The van der Waals surface area contributed by atoms with Crippen molar-refractivity contribution in [1.82, 2.24) is 35.5 Å². The Hall–Kier alpha value is -3.10. The van der Waals surface area contributed by atoms with Crippen LogP contribution in [0, 0.1) is 6.92 Å². The fraction of sp³-hybridized carbons (Fsp3) is 0.370. The predicted molar refractivity (Wildman–Crippen MR) is 143 cm³/mol. The smallest absolute Gasteiger partial charge is 0.205 e. The Morgan fingerprint density at radius 3 is 2.43 bits per heavy atom. The molecule has 0 bridgehead atoms. The lowest BCUT2D eigenvalue weighted by molar-refractivity contribution is 0.437. The van der Waals surface area contributed by atoms with E-state index in [1.54, 1.807) is 0 Å². The minimum atomic E-state index is 0.599. The summed E-state index contributed by atoms with van der Waals surface area (Å²) < 4.78 is 0. The molecule has 0 fully saturated rings. The quantitative estimate of drug-likeness (QED) is 0.229. The second kappa shape index (κ2) is 12.0. The van der Waals surface area contributed by atoms with Crippen molar-refractivity contribution in [2.75, 3.05) is 26.4 Å². The lowest BCUT2D eigenvalue weighted by Crippen LogP contribution is -2.15. The van der Waals surface area contributed by atoms with Crippen LogP contribution in [-0.4, -0.2) is 61.9 Å². The van der Waals surface area contributed by atoms with Gasteiger partial charge in [0.05, 0.1) is 0 Å². The first-order chi connectivity index (χ1) is 17.0. The fourth-order valence-corrected chi connectivity index (χ4v) is 5.22. The van der Waals surface area contributed by atoms with Crippen LogP contribution < -0.4 is 0 Å². The Kier molecular flexibility index (Phi) is 8.60. The van der Waals surface area contributed by atoms with Crippen molar-refractivity contribution >= 4 is 11.8 Å². The molecule has 1 N–H and O–H groups in total. The summed E-state index contributed by atoms with van der Waals surface area (Å²) in [6.07, 6.45) is 4.11. The van der Waals surface area contributed by atoms with Crippen LogP contribution in [-0.2, 0) is 12.8 Å². The minimum absolute atomic E-state index is 0.599. The van der Waals surface area contributed by atoms with Gasteiger partial charge in [0.2, 0.25) is 5.82 Å². The highest BCUT2D eigenvalue weighted by molar-refractivity contribution is 7.99. The average Bonchev–Trinajstić information content (AvgIpc) is 3.39. The molecule has 0 aliphatic heterocycles. The van der Waals surface area contributed by atoms with E-state index in [2.05, 4.69) is 76.9 Å². The van der Waals surface area contributed by atoms with Crippen molar-refractivity contribution < 1.29 is 0 Å². The first kappa shape index (κ1) is 25.0. The molecular formula is C27H33N7S. The number of nitrogens with one attached hydrogen (secondary N) is 1. The van der Waals surface area contributed by atoms with E-state index >= 15 is 0 Å². The van der Waals surface area contributed by atoms with E-state index in [0.717, 1.165) is 65.5 Å². The molecule has 8 heteroatoms. The Labute approximate surface area is 211 Å². The van der Waals surface area contributed by atoms with E-state index in [1.807, 2.05) is 36.9 Å². The van der Waals surface area contributed by atoms with Gasteiger partial charge in [-0.3, -0.25) is 0 Å². The van der Waals surface area contributed by atoms with Gasteiger partial charge in [-0.05, 0) is 55.8 Å². The zero-order valence-corrected chi connectivity index (χ0v) is 21.8. The molecule has 35 heavy (non-hydrogen) atoms. The first-order valence-corrected chi connectivity index (χ1v) is 13.1. The van der Waals surface area contributed by atoms with Crippen LogP contribution in [0.15, 0.2) is 53.6 Å². The summed E-state index contributed by atoms with van der Waals surface area (Å²) >= 11 is 1.84. The van der Waals surface area contributed by atoms with Crippen LogP contribution in [0.4, 0.5) is 0 Å². The third kappa shape index (κ3) is 6.52. The van der Waals surface area contributed by atoms with Gasteiger partial charge in [0.1, 0.15) is 10.9 Å². The molecule has 4 aromatic rings. The van der Waals surface area contributed by atoms with Gasteiger partial charge in [0, 0.05) is 35.5 Å². The molecule has 0 spiro atoms. The van der Waals surface area contributed by atoms with Crippen LogP contribution in [0.2, 0.25) is 0 Å². The molecule has 0 saturated carbocycles. The van der Waals surface area contributed by atoms with E-state index < -0.39 is 0 Å². The van der Waals surface area contributed by atoms with Crippen molar-refractivity contribution in [3.05, 3.63) is 71.2 Å². The maximum atomic E-state index is 4.86. The summed E-state index contributed by atoms with van der Waals surface area (Å²) in [7, 11) is 4.22. The molecule has 0 radical (unpaired) electrons. The van der Waals surface area contributed by atoms with Crippen LogP contribution in [0.1, 0.15) is 42.4 Å².